The number of thiazole rings is 1. The van der Waals surface area contributed by atoms with E-state index in [1.54, 1.807) is 0 Å². The normalized spacial score (nSPS) is 16.5. The summed E-state index contributed by atoms with van der Waals surface area (Å²) in [6, 6.07) is 0.537. The molecule has 0 spiro atoms. The Balaban J connectivity index is 2.05. The predicted octanol–water partition coefficient (Wildman–Crippen LogP) is 3.95. The van der Waals surface area contributed by atoms with E-state index in [0.717, 1.165) is 24.8 Å². The monoisotopic (exact) mass is 327 g/mol. The highest BCUT2D eigenvalue weighted by atomic mass is 32.2. The number of hydrogen-bond donors (Lipinski definition) is 1. The lowest BCUT2D eigenvalue weighted by molar-refractivity contribution is 0.553. The minimum Gasteiger partial charge on any atom is -0.348 e. The lowest BCUT2D eigenvalue weighted by Crippen LogP contribution is -2.30. The second-order valence-corrected chi connectivity index (χ2v) is 8.49. The van der Waals surface area contributed by atoms with E-state index in [4.69, 9.17) is 4.98 Å². The quantitative estimate of drug-likeness (QED) is 0.743. The van der Waals surface area contributed by atoms with Crippen molar-refractivity contribution < 1.29 is 0 Å². The van der Waals surface area contributed by atoms with E-state index in [1.807, 2.05) is 23.1 Å². The zero-order valence-corrected chi connectivity index (χ0v) is 15.6. The molecule has 1 aromatic rings. The smallest absolute Gasteiger partial charge is 0.185 e. The summed E-state index contributed by atoms with van der Waals surface area (Å²) >= 11 is 3.79. The summed E-state index contributed by atoms with van der Waals surface area (Å²) in [5, 5.41) is 4.77. The van der Waals surface area contributed by atoms with Gasteiger partial charge < -0.3 is 10.2 Å². The number of nitrogens with zero attached hydrogens (tertiary/aromatic N) is 2. The standard InChI is InChI=1S/C16H29N3S2/c1-11(2)8-17-9-14-15(13-6-7-13)18-16(21-14)19(4)12(3)10-20-5/h11-13,17H,6-10H2,1-5H3. The summed E-state index contributed by atoms with van der Waals surface area (Å²) in [5.41, 5.74) is 1.37. The Hall–Kier alpha value is -0.260. The van der Waals surface area contributed by atoms with Gasteiger partial charge in [-0.25, -0.2) is 4.98 Å². The van der Waals surface area contributed by atoms with E-state index in [9.17, 15) is 0 Å². The molecule has 1 fully saturated rings. The number of thioether (sulfide) groups is 1. The Morgan fingerprint density at radius 1 is 1.38 bits per heavy atom. The summed E-state index contributed by atoms with van der Waals surface area (Å²) in [7, 11) is 2.18. The van der Waals surface area contributed by atoms with E-state index in [2.05, 4.69) is 44.3 Å². The van der Waals surface area contributed by atoms with Crippen LogP contribution in [-0.2, 0) is 6.54 Å². The van der Waals surface area contributed by atoms with Crippen LogP contribution in [0.15, 0.2) is 0 Å². The van der Waals surface area contributed by atoms with Crippen molar-refractivity contribution in [2.24, 2.45) is 5.92 Å². The number of anilines is 1. The predicted molar refractivity (Wildman–Crippen MR) is 96.9 cm³/mol. The van der Waals surface area contributed by atoms with Crippen LogP contribution in [0.5, 0.6) is 0 Å². The Morgan fingerprint density at radius 3 is 2.67 bits per heavy atom. The number of aromatic nitrogens is 1. The molecule has 120 valence electrons. The average Bonchev–Trinajstić information content (AvgIpc) is 3.19. The minimum absolute atomic E-state index is 0.537. The molecule has 1 heterocycles. The zero-order chi connectivity index (χ0) is 15.4. The molecule has 1 saturated carbocycles. The van der Waals surface area contributed by atoms with Gasteiger partial charge in [-0.05, 0) is 38.5 Å². The molecule has 0 bridgehead atoms. The van der Waals surface area contributed by atoms with Crippen molar-refractivity contribution in [3.05, 3.63) is 10.6 Å². The Labute approximate surface area is 137 Å². The van der Waals surface area contributed by atoms with Gasteiger partial charge in [0, 0.05) is 36.2 Å². The Kier molecular flexibility index (Phi) is 6.38. The maximum absolute atomic E-state index is 4.97. The highest BCUT2D eigenvalue weighted by Crippen LogP contribution is 2.44. The van der Waals surface area contributed by atoms with Crippen molar-refractivity contribution in [1.29, 1.82) is 0 Å². The molecule has 0 saturated heterocycles. The van der Waals surface area contributed by atoms with Gasteiger partial charge in [-0.3, -0.25) is 0 Å². The van der Waals surface area contributed by atoms with E-state index < -0.39 is 0 Å². The van der Waals surface area contributed by atoms with Crippen molar-refractivity contribution in [1.82, 2.24) is 10.3 Å². The molecule has 5 heteroatoms. The zero-order valence-electron chi connectivity index (χ0n) is 14.0. The van der Waals surface area contributed by atoms with Crippen LogP contribution in [0.25, 0.3) is 0 Å². The van der Waals surface area contributed by atoms with Crippen LogP contribution in [0.3, 0.4) is 0 Å². The van der Waals surface area contributed by atoms with Crippen LogP contribution in [0, 0.1) is 5.92 Å². The van der Waals surface area contributed by atoms with Gasteiger partial charge in [-0.2, -0.15) is 11.8 Å². The lowest BCUT2D eigenvalue weighted by atomic mass is 10.2. The van der Waals surface area contributed by atoms with Gasteiger partial charge in [-0.1, -0.05) is 13.8 Å². The first kappa shape index (κ1) is 17.1. The van der Waals surface area contributed by atoms with Crippen molar-refractivity contribution in [2.75, 3.05) is 30.5 Å². The molecular formula is C16H29N3S2. The molecule has 1 unspecified atom stereocenters. The van der Waals surface area contributed by atoms with Gasteiger partial charge in [0.2, 0.25) is 0 Å². The van der Waals surface area contributed by atoms with Crippen LogP contribution in [0.4, 0.5) is 5.13 Å². The van der Waals surface area contributed by atoms with Gasteiger partial charge >= 0.3 is 0 Å². The van der Waals surface area contributed by atoms with Crippen LogP contribution < -0.4 is 10.2 Å². The summed E-state index contributed by atoms with van der Waals surface area (Å²) in [6.07, 6.45) is 4.82. The largest absolute Gasteiger partial charge is 0.348 e. The van der Waals surface area contributed by atoms with Gasteiger partial charge in [0.05, 0.1) is 5.69 Å². The minimum atomic E-state index is 0.537. The second-order valence-electron chi connectivity index (χ2n) is 6.52. The highest BCUT2D eigenvalue weighted by Gasteiger charge is 2.30. The molecule has 21 heavy (non-hydrogen) atoms. The summed E-state index contributed by atoms with van der Waals surface area (Å²) < 4.78 is 0. The topological polar surface area (TPSA) is 28.2 Å². The van der Waals surface area contributed by atoms with Gasteiger partial charge in [0.1, 0.15) is 0 Å². The van der Waals surface area contributed by atoms with Crippen molar-refractivity contribution in [3.63, 3.8) is 0 Å². The van der Waals surface area contributed by atoms with Crippen molar-refractivity contribution in [3.8, 4) is 0 Å². The van der Waals surface area contributed by atoms with Crippen LogP contribution in [0.2, 0.25) is 0 Å². The summed E-state index contributed by atoms with van der Waals surface area (Å²) in [4.78, 5) is 8.77. The van der Waals surface area contributed by atoms with E-state index in [-0.39, 0.29) is 0 Å². The fourth-order valence-corrected chi connectivity index (χ4v) is 4.21. The fraction of sp³-hybridized carbons (Fsp3) is 0.812. The average molecular weight is 328 g/mol. The number of nitrogens with one attached hydrogen (secondary N) is 1. The van der Waals surface area contributed by atoms with Crippen LogP contribution >= 0.6 is 23.1 Å². The number of hydrogen-bond acceptors (Lipinski definition) is 5. The first-order valence-corrected chi connectivity index (χ1v) is 10.2. The highest BCUT2D eigenvalue weighted by molar-refractivity contribution is 7.98. The van der Waals surface area contributed by atoms with Crippen molar-refractivity contribution in [2.45, 2.75) is 52.1 Å². The van der Waals surface area contributed by atoms with Gasteiger partial charge in [0.25, 0.3) is 0 Å². The maximum Gasteiger partial charge on any atom is 0.185 e. The van der Waals surface area contributed by atoms with Gasteiger partial charge in [-0.15, -0.1) is 11.3 Å². The summed E-state index contributed by atoms with van der Waals surface area (Å²) in [6.45, 7) is 8.85. The van der Waals surface area contributed by atoms with Gasteiger partial charge in [0.15, 0.2) is 5.13 Å². The number of rotatable bonds is 9. The first-order chi connectivity index (χ1) is 10.0. The molecule has 1 aliphatic carbocycles. The van der Waals surface area contributed by atoms with Crippen molar-refractivity contribution >= 4 is 28.2 Å². The Bertz CT molecular complexity index is 441. The van der Waals surface area contributed by atoms with E-state index in [0.29, 0.717) is 12.0 Å². The molecule has 0 aliphatic heterocycles. The summed E-state index contributed by atoms with van der Waals surface area (Å²) in [5.74, 6) is 2.58. The molecule has 3 nitrogen and oxygen atoms in total. The molecule has 2 rings (SSSR count). The third-order valence-corrected chi connectivity index (χ3v) is 5.87. The van der Waals surface area contributed by atoms with E-state index >= 15 is 0 Å². The molecule has 0 radical (unpaired) electrons. The van der Waals surface area contributed by atoms with E-state index in [1.165, 1.54) is 28.5 Å². The Morgan fingerprint density at radius 2 is 2.10 bits per heavy atom. The SMILES string of the molecule is CSCC(C)N(C)c1nc(C2CC2)c(CNCC(C)C)s1. The van der Waals surface area contributed by atoms with Crippen LogP contribution in [0.1, 0.15) is 50.1 Å². The molecule has 1 aromatic heterocycles. The molecule has 1 N–H and O–H groups in total. The maximum atomic E-state index is 4.97. The first-order valence-electron chi connectivity index (χ1n) is 7.95. The lowest BCUT2D eigenvalue weighted by Gasteiger charge is -2.23. The molecule has 1 atom stereocenters. The molecule has 0 aromatic carbocycles. The third kappa shape index (κ3) is 4.86. The molecular weight excluding hydrogens is 298 g/mol. The van der Waals surface area contributed by atoms with Crippen LogP contribution in [-0.4, -0.2) is 36.6 Å². The molecule has 0 amide bonds. The fourth-order valence-electron chi connectivity index (χ4n) is 2.32. The molecule has 1 aliphatic rings. The second kappa shape index (κ2) is 7.84. The third-order valence-electron chi connectivity index (χ3n) is 3.89.